The van der Waals surface area contributed by atoms with E-state index in [-0.39, 0.29) is 0 Å². The molecule has 8 unspecified atom stereocenters. The van der Waals surface area contributed by atoms with Crippen LogP contribution in [0, 0.1) is 94.7 Å². The van der Waals surface area contributed by atoms with Crippen molar-refractivity contribution in [2.24, 2.45) is 94.7 Å². The van der Waals surface area contributed by atoms with Crippen LogP contribution in [-0.4, -0.2) is 0 Å². The largest absolute Gasteiger partial charge is 0.0530 e. The molecular formula is C75H134. The van der Waals surface area contributed by atoms with Crippen LogP contribution in [-0.2, 0) is 0 Å². The van der Waals surface area contributed by atoms with E-state index in [9.17, 15) is 0 Å². The normalized spacial score (nSPS) is 41.9. The zero-order valence-electron chi connectivity index (χ0n) is 51.0. The van der Waals surface area contributed by atoms with Gasteiger partial charge in [0.1, 0.15) is 0 Å². The van der Waals surface area contributed by atoms with Gasteiger partial charge in [0.25, 0.3) is 0 Å². The highest BCUT2D eigenvalue weighted by molar-refractivity contribution is 4.83. The van der Waals surface area contributed by atoms with E-state index in [2.05, 4.69) is 0 Å². The van der Waals surface area contributed by atoms with E-state index in [0.29, 0.717) is 0 Å². The summed E-state index contributed by atoms with van der Waals surface area (Å²) in [7, 11) is 0. The van der Waals surface area contributed by atoms with Gasteiger partial charge in [-0.25, -0.2) is 0 Å². The fourth-order valence-corrected chi connectivity index (χ4v) is 21.0. The molecule has 0 aliphatic heterocycles. The lowest BCUT2D eigenvalue weighted by Crippen LogP contribution is -2.21. The second-order valence-corrected chi connectivity index (χ2v) is 31.6. The first kappa shape index (κ1) is 59.6. The van der Waals surface area contributed by atoms with Gasteiger partial charge in [-0.1, -0.05) is 353 Å². The lowest BCUT2D eigenvalue weighted by Gasteiger charge is -2.35. The molecule has 0 heteroatoms. The third kappa shape index (κ3) is 22.4. The predicted octanol–water partition coefficient (Wildman–Crippen LogP) is 25.0. The molecule has 18 fully saturated rings. The van der Waals surface area contributed by atoms with Crippen LogP contribution >= 0.6 is 0 Å². The Kier molecular flexibility index (Phi) is 27.4. The van der Waals surface area contributed by atoms with Crippen LogP contribution in [0.1, 0.15) is 379 Å². The molecule has 0 aromatic heterocycles. The van der Waals surface area contributed by atoms with Gasteiger partial charge in [0.05, 0.1) is 0 Å². The summed E-state index contributed by atoms with van der Waals surface area (Å²) in [5.74, 6) is 18.3. The van der Waals surface area contributed by atoms with E-state index in [0.717, 1.165) is 94.7 Å². The van der Waals surface area contributed by atoms with Crippen molar-refractivity contribution in [3.8, 4) is 0 Å². The van der Waals surface area contributed by atoms with Crippen LogP contribution in [0.15, 0.2) is 0 Å². The first-order chi connectivity index (χ1) is 37.1. The summed E-state index contributed by atoms with van der Waals surface area (Å²) in [6.07, 6.45) is 91.5. The van der Waals surface area contributed by atoms with E-state index in [1.807, 2.05) is 0 Å². The van der Waals surface area contributed by atoms with Crippen molar-refractivity contribution < 1.29 is 0 Å². The SMILES string of the molecule is C1CC2CCC(C1)C2.C1CC2CCC1CC2.C1CC2CCCC(C1)C2.C1CC2CCCC(C1)CC2.C1CCC2CCC(C1)C2.C1CCC2CCC(C1)CC2.C1CCC2CCCC(C1)C2.C1CCC2CCCC(C1)CC2. The summed E-state index contributed by atoms with van der Waals surface area (Å²) < 4.78 is 0. The summed E-state index contributed by atoms with van der Waals surface area (Å²) in [4.78, 5) is 0. The van der Waals surface area contributed by atoms with Crippen molar-refractivity contribution in [1.29, 1.82) is 0 Å². The highest BCUT2D eigenvalue weighted by atomic mass is 14.4. The Hall–Kier alpha value is 0. The molecule has 0 saturated heterocycles. The van der Waals surface area contributed by atoms with Gasteiger partial charge >= 0.3 is 0 Å². The minimum absolute atomic E-state index is 1.13. The fraction of sp³-hybridized carbons (Fsp3) is 1.00. The molecule has 0 aromatic carbocycles. The third-order valence-electron chi connectivity index (χ3n) is 26.0. The van der Waals surface area contributed by atoms with Gasteiger partial charge in [0.15, 0.2) is 0 Å². The molecule has 434 valence electrons. The van der Waals surface area contributed by atoms with Crippen molar-refractivity contribution in [3.05, 3.63) is 0 Å². The maximum Gasteiger partial charge on any atom is -0.0412 e. The van der Waals surface area contributed by atoms with Gasteiger partial charge in [0, 0.05) is 0 Å². The third-order valence-corrected chi connectivity index (χ3v) is 26.0. The Morgan fingerprint density at radius 1 is 0.0800 bits per heavy atom. The Balaban J connectivity index is 0.000000105. The standard InChI is InChI=1S/C11H20.3C10H18.2C9H16.2C8H14/c1-2-5-11-7-3-6-10(4-1)8-9-11;1-3-9-5-2-6-10(4-1)8-7-9;1-2-5-10-7-3-6-9(4-1)8-10;1-2-4-10-7-5-9(3-1)6-8-10;1-3-8-5-2-6-9(4-1)7-8;1-2-4-9-6-5-8(3-1)7-9;1-2-8-5-3-7(1)4-6-8;1-2-7-4-5-8(3-1)6-7/h10-11H,1-9H2;3*9-10H,1-8H2;2*8-9H,1-7H2;2*7-8H,1-6H2. The summed E-state index contributed by atoms with van der Waals surface area (Å²) >= 11 is 0. The fourth-order valence-electron chi connectivity index (χ4n) is 21.0. The van der Waals surface area contributed by atoms with Gasteiger partial charge < -0.3 is 0 Å². The van der Waals surface area contributed by atoms with E-state index >= 15 is 0 Å². The monoisotopic (exact) mass is 1040 g/mol. The van der Waals surface area contributed by atoms with Crippen molar-refractivity contribution in [2.45, 2.75) is 379 Å². The molecule has 0 aromatic rings. The smallest absolute Gasteiger partial charge is 0.0412 e. The van der Waals surface area contributed by atoms with Crippen LogP contribution in [0.5, 0.6) is 0 Å². The van der Waals surface area contributed by atoms with E-state index in [1.165, 1.54) is 96.3 Å². The summed E-state index contributed by atoms with van der Waals surface area (Å²) in [5.41, 5.74) is 0. The van der Waals surface area contributed by atoms with Crippen LogP contribution in [0.3, 0.4) is 0 Å². The average Bonchev–Trinajstić information content (AvgIpc) is 3.60. The molecule has 0 N–H and O–H groups in total. The van der Waals surface area contributed by atoms with Crippen LogP contribution in [0.2, 0.25) is 0 Å². The second-order valence-electron chi connectivity index (χ2n) is 31.6. The molecule has 0 heterocycles. The molecule has 16 bridgehead atoms. The molecule has 18 saturated carbocycles. The van der Waals surface area contributed by atoms with Crippen molar-refractivity contribution in [1.82, 2.24) is 0 Å². The Morgan fingerprint density at radius 2 is 0.173 bits per heavy atom. The van der Waals surface area contributed by atoms with E-state index in [4.69, 9.17) is 0 Å². The van der Waals surface area contributed by atoms with E-state index in [1.54, 1.807) is 283 Å². The summed E-state index contributed by atoms with van der Waals surface area (Å²) in [6, 6.07) is 0. The molecule has 0 amide bonds. The predicted molar refractivity (Wildman–Crippen MR) is 328 cm³/mol. The zero-order valence-corrected chi connectivity index (χ0v) is 51.0. The Labute approximate surface area is 471 Å². The van der Waals surface area contributed by atoms with Gasteiger partial charge in [-0.05, 0) is 120 Å². The number of hydrogen-bond donors (Lipinski definition) is 0. The molecule has 0 nitrogen and oxygen atoms in total. The molecule has 18 rings (SSSR count). The van der Waals surface area contributed by atoms with Gasteiger partial charge in [0.2, 0.25) is 0 Å². The number of fused-ring (bicyclic) bond motifs is 22. The Bertz CT molecular complexity index is 1260. The topological polar surface area (TPSA) is 0 Å². The summed E-state index contributed by atoms with van der Waals surface area (Å²) in [6.45, 7) is 0. The Morgan fingerprint density at radius 3 is 0.360 bits per heavy atom. The van der Waals surface area contributed by atoms with Crippen LogP contribution in [0.25, 0.3) is 0 Å². The number of rotatable bonds is 0. The molecular weight excluding hydrogens is 901 g/mol. The average molecular weight is 1040 g/mol. The molecule has 0 spiro atoms. The minimum atomic E-state index is 1.13. The van der Waals surface area contributed by atoms with Crippen molar-refractivity contribution >= 4 is 0 Å². The lowest BCUT2D eigenvalue weighted by atomic mass is 9.71. The van der Waals surface area contributed by atoms with Crippen molar-refractivity contribution in [3.63, 3.8) is 0 Å². The second kappa shape index (κ2) is 34.4. The molecule has 8 atom stereocenters. The quantitative estimate of drug-likeness (QED) is 0.227. The highest BCUT2D eigenvalue weighted by Gasteiger charge is 2.31. The summed E-state index contributed by atoms with van der Waals surface area (Å²) in [5, 5.41) is 0. The maximum absolute atomic E-state index is 1.58. The maximum atomic E-state index is 1.58. The lowest BCUT2D eigenvalue weighted by molar-refractivity contribution is 0.176. The van der Waals surface area contributed by atoms with Gasteiger partial charge in [-0.3, -0.25) is 0 Å². The highest BCUT2D eigenvalue weighted by Crippen LogP contribution is 2.45. The van der Waals surface area contributed by atoms with Crippen LogP contribution in [0.4, 0.5) is 0 Å². The first-order valence-electron chi connectivity index (χ1n) is 37.1. The minimum Gasteiger partial charge on any atom is -0.0530 e. The van der Waals surface area contributed by atoms with Crippen molar-refractivity contribution in [2.75, 3.05) is 0 Å². The molecule has 18 aliphatic carbocycles. The van der Waals surface area contributed by atoms with Crippen LogP contribution < -0.4 is 0 Å². The van der Waals surface area contributed by atoms with E-state index < -0.39 is 0 Å². The molecule has 75 heavy (non-hydrogen) atoms. The molecule has 0 radical (unpaired) electrons. The zero-order chi connectivity index (χ0) is 51.0. The van der Waals surface area contributed by atoms with Gasteiger partial charge in [-0.2, -0.15) is 0 Å². The number of hydrogen-bond acceptors (Lipinski definition) is 0. The first-order valence-corrected chi connectivity index (χ1v) is 37.1. The van der Waals surface area contributed by atoms with Gasteiger partial charge in [-0.15, -0.1) is 0 Å². The molecule has 18 aliphatic rings.